The van der Waals surface area contributed by atoms with Gasteiger partial charge in [0.25, 0.3) is 0 Å². The lowest BCUT2D eigenvalue weighted by Crippen LogP contribution is -2.11. The number of benzene rings is 1. The maximum atomic E-state index is 12.4. The summed E-state index contributed by atoms with van der Waals surface area (Å²) in [7, 11) is 0. The molecule has 0 aliphatic rings. The number of carbonyl (C=O) groups is 1. The molecule has 1 aromatic rings. The first kappa shape index (κ1) is 16.1. The van der Waals surface area contributed by atoms with Crippen LogP contribution in [0, 0.1) is 14.9 Å². The summed E-state index contributed by atoms with van der Waals surface area (Å²) in [5.41, 5.74) is -4.98. The molecule has 19 heavy (non-hydrogen) atoms. The molecule has 0 aromatic heterocycles. The number of ether oxygens (including phenoxy) is 1. The van der Waals surface area contributed by atoms with Gasteiger partial charge in [-0.3, -0.25) is 0 Å². The molecule has 0 saturated heterocycles. The van der Waals surface area contributed by atoms with Gasteiger partial charge in [0.15, 0.2) is 0 Å². The number of nitriles is 1. The predicted octanol–water partition coefficient (Wildman–Crippen LogP) is 3.95. The molecule has 0 radical (unpaired) electrons. The van der Waals surface area contributed by atoms with E-state index in [0.29, 0.717) is 3.57 Å². The van der Waals surface area contributed by atoms with Crippen molar-refractivity contribution in [1.82, 2.24) is 0 Å². The lowest BCUT2D eigenvalue weighted by atomic mass is 10.1. The molecule has 102 valence electrons. The minimum absolute atomic E-state index is 0.0191. The van der Waals surface area contributed by atoms with Crippen LogP contribution in [0.15, 0.2) is 17.0 Å². The standard InChI is InChI=1S/C11H7F3INO2S/c1-2-18-10(17)9-6(5-16)7(15)3-4-8(9)19-11(12,13)14/h3-4H,2H2,1H3. The van der Waals surface area contributed by atoms with Crippen molar-refractivity contribution in [3.63, 3.8) is 0 Å². The Morgan fingerprint density at radius 2 is 2.16 bits per heavy atom. The molecule has 0 aliphatic carbocycles. The normalized spacial score (nSPS) is 10.9. The summed E-state index contributed by atoms with van der Waals surface area (Å²) in [6.07, 6.45) is 0. The Morgan fingerprint density at radius 1 is 1.53 bits per heavy atom. The Hall–Kier alpha value is -0.950. The van der Waals surface area contributed by atoms with E-state index in [0.717, 1.165) is 6.07 Å². The molecule has 8 heteroatoms. The van der Waals surface area contributed by atoms with Gasteiger partial charge in [0.1, 0.15) is 6.07 Å². The van der Waals surface area contributed by atoms with Crippen molar-refractivity contribution >= 4 is 40.3 Å². The topological polar surface area (TPSA) is 50.1 Å². The van der Waals surface area contributed by atoms with Gasteiger partial charge in [0, 0.05) is 8.47 Å². The highest BCUT2D eigenvalue weighted by atomic mass is 127. The van der Waals surface area contributed by atoms with Gasteiger partial charge in [0.05, 0.1) is 17.7 Å². The lowest BCUT2D eigenvalue weighted by Gasteiger charge is -2.12. The van der Waals surface area contributed by atoms with E-state index in [-0.39, 0.29) is 22.6 Å². The molecule has 0 atom stereocenters. The minimum Gasteiger partial charge on any atom is -0.462 e. The molecule has 1 rings (SSSR count). The predicted molar refractivity (Wildman–Crippen MR) is 71.7 cm³/mol. The zero-order chi connectivity index (χ0) is 14.6. The van der Waals surface area contributed by atoms with Crippen LogP contribution in [-0.4, -0.2) is 18.1 Å². The highest BCUT2D eigenvalue weighted by Gasteiger charge is 2.33. The minimum atomic E-state index is -4.54. The zero-order valence-corrected chi connectivity index (χ0v) is 12.5. The SMILES string of the molecule is CCOC(=O)c1c(SC(F)(F)F)ccc(I)c1C#N. The first-order chi connectivity index (χ1) is 8.80. The number of alkyl halides is 3. The molecular weight excluding hydrogens is 394 g/mol. The highest BCUT2D eigenvalue weighted by Crippen LogP contribution is 2.40. The van der Waals surface area contributed by atoms with Crippen LogP contribution in [0.1, 0.15) is 22.8 Å². The van der Waals surface area contributed by atoms with Crippen LogP contribution in [0.5, 0.6) is 0 Å². The summed E-state index contributed by atoms with van der Waals surface area (Å²) >= 11 is 1.35. The number of nitrogens with zero attached hydrogens (tertiary/aromatic N) is 1. The fraction of sp³-hybridized carbons (Fsp3) is 0.273. The third kappa shape index (κ3) is 4.28. The van der Waals surface area contributed by atoms with Crippen LogP contribution in [0.3, 0.4) is 0 Å². The van der Waals surface area contributed by atoms with E-state index >= 15 is 0 Å². The highest BCUT2D eigenvalue weighted by molar-refractivity contribution is 14.1. The maximum absolute atomic E-state index is 12.4. The van der Waals surface area contributed by atoms with Crippen molar-refractivity contribution in [1.29, 1.82) is 5.26 Å². The van der Waals surface area contributed by atoms with Gasteiger partial charge in [-0.05, 0) is 53.4 Å². The average Bonchev–Trinajstić information content (AvgIpc) is 2.29. The van der Waals surface area contributed by atoms with E-state index in [1.54, 1.807) is 28.7 Å². The maximum Gasteiger partial charge on any atom is 0.446 e. The van der Waals surface area contributed by atoms with E-state index in [1.807, 2.05) is 0 Å². The first-order valence-electron chi connectivity index (χ1n) is 4.95. The Balaban J connectivity index is 3.39. The molecule has 0 aliphatic heterocycles. The third-order valence-electron chi connectivity index (χ3n) is 1.93. The van der Waals surface area contributed by atoms with Gasteiger partial charge in [-0.15, -0.1) is 0 Å². The van der Waals surface area contributed by atoms with Crippen molar-refractivity contribution in [3.05, 3.63) is 26.8 Å². The third-order valence-corrected chi connectivity index (χ3v) is 3.62. The van der Waals surface area contributed by atoms with Crippen LogP contribution in [0.2, 0.25) is 0 Å². The Labute approximate surface area is 125 Å². The number of hydrogen-bond acceptors (Lipinski definition) is 4. The van der Waals surface area contributed by atoms with Gasteiger partial charge in [-0.1, -0.05) is 0 Å². The summed E-state index contributed by atoms with van der Waals surface area (Å²) in [5, 5.41) is 8.99. The van der Waals surface area contributed by atoms with Gasteiger partial charge in [-0.25, -0.2) is 4.79 Å². The van der Waals surface area contributed by atoms with Crippen LogP contribution in [-0.2, 0) is 4.74 Å². The summed E-state index contributed by atoms with van der Waals surface area (Å²) in [5.74, 6) is -0.927. The van der Waals surface area contributed by atoms with Crippen molar-refractivity contribution < 1.29 is 22.7 Å². The number of thioether (sulfide) groups is 1. The van der Waals surface area contributed by atoms with E-state index in [1.165, 1.54) is 13.0 Å². The second-order valence-corrected chi connectivity index (χ2v) is 5.44. The van der Waals surface area contributed by atoms with Crippen molar-refractivity contribution in [2.75, 3.05) is 6.61 Å². The number of halogens is 4. The van der Waals surface area contributed by atoms with Gasteiger partial charge in [-0.2, -0.15) is 18.4 Å². The van der Waals surface area contributed by atoms with Crippen LogP contribution in [0.25, 0.3) is 0 Å². The fourth-order valence-corrected chi connectivity index (χ4v) is 2.53. The molecule has 0 bridgehead atoms. The molecule has 0 spiro atoms. The van der Waals surface area contributed by atoms with Crippen LogP contribution >= 0.6 is 34.4 Å². The van der Waals surface area contributed by atoms with Crippen LogP contribution in [0.4, 0.5) is 13.2 Å². The Kier molecular flexibility index (Phi) is 5.49. The van der Waals surface area contributed by atoms with E-state index < -0.39 is 23.2 Å². The molecule has 1 aromatic carbocycles. The molecule has 0 saturated carbocycles. The van der Waals surface area contributed by atoms with E-state index in [4.69, 9.17) is 10.00 Å². The first-order valence-corrected chi connectivity index (χ1v) is 6.85. The van der Waals surface area contributed by atoms with Crippen molar-refractivity contribution in [2.45, 2.75) is 17.3 Å². The van der Waals surface area contributed by atoms with Gasteiger partial charge in [0.2, 0.25) is 0 Å². The van der Waals surface area contributed by atoms with Gasteiger partial charge >= 0.3 is 11.5 Å². The van der Waals surface area contributed by atoms with Gasteiger partial charge < -0.3 is 4.74 Å². The molecular formula is C11H7F3INO2S. The lowest BCUT2D eigenvalue weighted by molar-refractivity contribution is -0.0328. The summed E-state index contributed by atoms with van der Waals surface area (Å²) in [6.45, 7) is 1.56. The second kappa shape index (κ2) is 6.47. The molecule has 0 N–H and O–H groups in total. The molecule has 3 nitrogen and oxygen atoms in total. The average molecular weight is 401 g/mol. The molecule has 0 amide bonds. The number of carbonyl (C=O) groups excluding carboxylic acids is 1. The number of esters is 1. The number of rotatable bonds is 3. The Bertz CT molecular complexity index is 540. The summed E-state index contributed by atoms with van der Waals surface area (Å²) < 4.78 is 42.4. The van der Waals surface area contributed by atoms with Crippen molar-refractivity contribution in [2.24, 2.45) is 0 Å². The van der Waals surface area contributed by atoms with Crippen molar-refractivity contribution in [3.8, 4) is 6.07 Å². The van der Waals surface area contributed by atoms with E-state index in [2.05, 4.69) is 0 Å². The smallest absolute Gasteiger partial charge is 0.446 e. The zero-order valence-electron chi connectivity index (χ0n) is 9.55. The molecule has 0 fully saturated rings. The fourth-order valence-electron chi connectivity index (χ4n) is 1.28. The van der Waals surface area contributed by atoms with Crippen LogP contribution < -0.4 is 0 Å². The monoisotopic (exact) mass is 401 g/mol. The Morgan fingerprint density at radius 3 is 2.63 bits per heavy atom. The summed E-state index contributed by atoms with van der Waals surface area (Å²) in [4.78, 5) is 11.4. The quantitative estimate of drug-likeness (QED) is 0.437. The second-order valence-electron chi connectivity index (χ2n) is 3.18. The largest absolute Gasteiger partial charge is 0.462 e. The van der Waals surface area contributed by atoms with E-state index in [9.17, 15) is 18.0 Å². The molecule has 0 heterocycles. The number of hydrogen-bond donors (Lipinski definition) is 0. The summed E-state index contributed by atoms with van der Waals surface area (Å²) in [6, 6.07) is 4.26. The molecule has 0 unspecified atom stereocenters.